The smallest absolute Gasteiger partial charge is 0.241 e. The molecule has 0 amide bonds. The Morgan fingerprint density at radius 3 is 2.67 bits per heavy atom. The van der Waals surface area contributed by atoms with Gasteiger partial charge < -0.3 is 10.5 Å². The first kappa shape index (κ1) is 16.0. The number of nitrogens with one attached hydrogen (secondary N) is 1. The molecular formula is C14H18N2O3S2. The van der Waals surface area contributed by atoms with Crippen LogP contribution in [0.25, 0.3) is 0 Å². The molecule has 0 atom stereocenters. The van der Waals surface area contributed by atoms with Gasteiger partial charge in [-0.25, -0.2) is 13.1 Å². The Hall–Kier alpha value is -1.41. The summed E-state index contributed by atoms with van der Waals surface area (Å²) in [5.74, 6) is 0.657. The number of aryl methyl sites for hydroxylation is 1. The topological polar surface area (TPSA) is 81.4 Å². The van der Waals surface area contributed by atoms with Crippen molar-refractivity contribution in [2.45, 2.75) is 24.9 Å². The van der Waals surface area contributed by atoms with Crippen LogP contribution >= 0.6 is 11.3 Å². The maximum Gasteiger partial charge on any atom is 0.241 e. The molecule has 0 aliphatic carbocycles. The van der Waals surface area contributed by atoms with E-state index in [-0.39, 0.29) is 6.54 Å². The summed E-state index contributed by atoms with van der Waals surface area (Å²) in [6.07, 6.45) is 0. The van der Waals surface area contributed by atoms with Crippen molar-refractivity contribution >= 4 is 21.4 Å². The molecule has 0 fully saturated rings. The lowest BCUT2D eigenvalue weighted by molar-refractivity contribution is 0.409. The number of methoxy groups -OCH3 is 1. The van der Waals surface area contributed by atoms with E-state index in [4.69, 9.17) is 10.5 Å². The fourth-order valence-corrected chi connectivity index (χ4v) is 4.51. The molecule has 1 aromatic heterocycles. The van der Waals surface area contributed by atoms with Crippen LogP contribution in [0.15, 0.2) is 35.2 Å². The first-order valence-corrected chi connectivity index (χ1v) is 8.69. The van der Waals surface area contributed by atoms with Gasteiger partial charge in [0.05, 0.1) is 12.0 Å². The number of hydrogen-bond acceptors (Lipinski definition) is 5. The number of hydrogen-bond donors (Lipinski definition) is 2. The van der Waals surface area contributed by atoms with Crippen molar-refractivity contribution in [3.8, 4) is 5.75 Å². The van der Waals surface area contributed by atoms with E-state index in [1.807, 2.05) is 18.2 Å². The average molecular weight is 326 g/mol. The Balaban J connectivity index is 2.20. The van der Waals surface area contributed by atoms with Crippen LogP contribution in [-0.2, 0) is 23.1 Å². The molecule has 0 aliphatic rings. The molecular weight excluding hydrogens is 308 g/mol. The summed E-state index contributed by atoms with van der Waals surface area (Å²) in [4.78, 5) is 1.89. The SMILES string of the molecule is COc1ccccc1CNS(=O)(=O)c1cc(CN)sc1C. The van der Waals surface area contributed by atoms with Crippen molar-refractivity contribution in [1.82, 2.24) is 4.72 Å². The quantitative estimate of drug-likeness (QED) is 0.851. The number of ether oxygens (including phenoxy) is 1. The predicted octanol–water partition coefficient (Wildman–Crippen LogP) is 2.00. The fourth-order valence-electron chi connectivity index (χ4n) is 1.99. The van der Waals surface area contributed by atoms with Crippen molar-refractivity contribution in [2.75, 3.05) is 7.11 Å². The number of rotatable bonds is 6. The van der Waals surface area contributed by atoms with Crippen LogP contribution in [0.2, 0.25) is 0 Å². The van der Waals surface area contributed by atoms with E-state index in [1.54, 1.807) is 26.2 Å². The fraction of sp³-hybridized carbons (Fsp3) is 0.286. The summed E-state index contributed by atoms with van der Waals surface area (Å²) in [6, 6.07) is 8.94. The maximum atomic E-state index is 12.4. The van der Waals surface area contributed by atoms with Gasteiger partial charge in [-0.3, -0.25) is 0 Å². The number of nitrogens with two attached hydrogens (primary N) is 1. The molecule has 2 aromatic rings. The summed E-state index contributed by atoms with van der Waals surface area (Å²) >= 11 is 1.40. The molecule has 2 rings (SSSR count). The molecule has 0 unspecified atom stereocenters. The van der Waals surface area contributed by atoms with Crippen molar-refractivity contribution in [3.05, 3.63) is 45.6 Å². The lowest BCUT2D eigenvalue weighted by Crippen LogP contribution is -2.23. The standard InChI is InChI=1S/C14H18N2O3S2/c1-10-14(7-12(8-15)20-10)21(17,18)16-9-11-5-3-4-6-13(11)19-2/h3-7,16H,8-9,15H2,1-2H3. The normalized spacial score (nSPS) is 11.6. The zero-order valence-corrected chi connectivity index (χ0v) is 13.6. The first-order valence-electron chi connectivity index (χ1n) is 6.39. The Bertz CT molecular complexity index is 724. The molecule has 0 aliphatic heterocycles. The van der Waals surface area contributed by atoms with E-state index >= 15 is 0 Å². The highest BCUT2D eigenvalue weighted by atomic mass is 32.2. The maximum absolute atomic E-state index is 12.4. The predicted molar refractivity (Wildman–Crippen MR) is 84.0 cm³/mol. The van der Waals surface area contributed by atoms with Crippen molar-refractivity contribution < 1.29 is 13.2 Å². The minimum Gasteiger partial charge on any atom is -0.496 e. The summed E-state index contributed by atoms with van der Waals surface area (Å²) in [5, 5.41) is 0. The van der Waals surface area contributed by atoms with Crippen LogP contribution in [0.3, 0.4) is 0 Å². The minimum atomic E-state index is -3.55. The van der Waals surface area contributed by atoms with Gasteiger partial charge >= 0.3 is 0 Å². The third-order valence-corrected chi connectivity index (χ3v) is 5.79. The van der Waals surface area contributed by atoms with Crippen molar-refractivity contribution in [3.63, 3.8) is 0 Å². The number of benzene rings is 1. The van der Waals surface area contributed by atoms with Gasteiger partial charge in [0.15, 0.2) is 0 Å². The summed E-state index contributed by atoms with van der Waals surface area (Å²) in [5.41, 5.74) is 6.34. The number of sulfonamides is 1. The van der Waals surface area contributed by atoms with E-state index in [1.165, 1.54) is 11.3 Å². The highest BCUT2D eigenvalue weighted by Gasteiger charge is 2.19. The zero-order valence-electron chi connectivity index (χ0n) is 11.9. The Labute approximate surface area is 128 Å². The molecule has 0 saturated carbocycles. The van der Waals surface area contributed by atoms with Crippen LogP contribution in [0.4, 0.5) is 0 Å². The second-order valence-electron chi connectivity index (χ2n) is 4.47. The van der Waals surface area contributed by atoms with Gasteiger partial charge in [0.1, 0.15) is 5.75 Å². The molecule has 0 spiro atoms. The van der Waals surface area contributed by atoms with Gasteiger partial charge in [-0.15, -0.1) is 11.3 Å². The van der Waals surface area contributed by atoms with E-state index in [0.717, 1.165) is 15.3 Å². The third kappa shape index (κ3) is 3.62. The van der Waals surface area contributed by atoms with Gasteiger partial charge in [-0.1, -0.05) is 18.2 Å². The molecule has 0 saturated heterocycles. The van der Waals surface area contributed by atoms with Crippen LogP contribution in [0, 0.1) is 6.92 Å². The van der Waals surface area contributed by atoms with Crippen LogP contribution in [0.1, 0.15) is 15.3 Å². The highest BCUT2D eigenvalue weighted by Crippen LogP contribution is 2.26. The molecule has 0 radical (unpaired) electrons. The second kappa shape index (κ2) is 6.57. The Morgan fingerprint density at radius 2 is 2.05 bits per heavy atom. The van der Waals surface area contributed by atoms with Crippen LogP contribution < -0.4 is 15.2 Å². The summed E-state index contributed by atoms with van der Waals surface area (Å²) in [6.45, 7) is 2.30. The molecule has 114 valence electrons. The van der Waals surface area contributed by atoms with Gasteiger partial charge in [-0.2, -0.15) is 0 Å². The Morgan fingerprint density at radius 1 is 1.33 bits per heavy atom. The van der Waals surface area contributed by atoms with E-state index in [0.29, 0.717) is 17.2 Å². The lowest BCUT2D eigenvalue weighted by atomic mass is 10.2. The van der Waals surface area contributed by atoms with Gasteiger partial charge in [-0.05, 0) is 19.1 Å². The first-order chi connectivity index (χ1) is 9.97. The second-order valence-corrected chi connectivity index (χ2v) is 7.55. The number of para-hydroxylation sites is 1. The summed E-state index contributed by atoms with van der Waals surface area (Å²) in [7, 11) is -1.99. The number of thiophene rings is 1. The van der Waals surface area contributed by atoms with Crippen LogP contribution in [-0.4, -0.2) is 15.5 Å². The lowest BCUT2D eigenvalue weighted by Gasteiger charge is -2.10. The highest BCUT2D eigenvalue weighted by molar-refractivity contribution is 7.89. The van der Waals surface area contributed by atoms with Gasteiger partial charge in [0.25, 0.3) is 0 Å². The third-order valence-electron chi connectivity index (χ3n) is 3.06. The molecule has 1 heterocycles. The van der Waals surface area contributed by atoms with E-state index < -0.39 is 10.0 Å². The molecule has 21 heavy (non-hydrogen) atoms. The molecule has 5 nitrogen and oxygen atoms in total. The molecule has 7 heteroatoms. The van der Waals surface area contributed by atoms with Crippen molar-refractivity contribution in [1.29, 1.82) is 0 Å². The van der Waals surface area contributed by atoms with Gasteiger partial charge in [0.2, 0.25) is 10.0 Å². The van der Waals surface area contributed by atoms with Crippen molar-refractivity contribution in [2.24, 2.45) is 5.73 Å². The Kier molecular flexibility index (Phi) is 5.00. The molecule has 3 N–H and O–H groups in total. The van der Waals surface area contributed by atoms with Crippen LogP contribution in [0.5, 0.6) is 5.75 Å². The molecule has 1 aromatic carbocycles. The largest absolute Gasteiger partial charge is 0.496 e. The molecule has 0 bridgehead atoms. The van der Waals surface area contributed by atoms with E-state index in [9.17, 15) is 8.42 Å². The average Bonchev–Trinajstić information content (AvgIpc) is 2.87. The minimum absolute atomic E-state index is 0.180. The van der Waals surface area contributed by atoms with Gasteiger partial charge in [0, 0.05) is 28.4 Å². The zero-order chi connectivity index (χ0) is 15.5. The van der Waals surface area contributed by atoms with E-state index in [2.05, 4.69) is 4.72 Å². The monoisotopic (exact) mass is 326 g/mol. The summed E-state index contributed by atoms with van der Waals surface area (Å²) < 4.78 is 32.6.